The molecule has 0 aromatic carbocycles. The summed E-state index contributed by atoms with van der Waals surface area (Å²) in [7, 11) is 0. The van der Waals surface area contributed by atoms with Gasteiger partial charge < -0.3 is 10.3 Å². The zero-order valence-corrected chi connectivity index (χ0v) is 8.91. The lowest BCUT2D eigenvalue weighted by atomic mass is 10.1. The third-order valence-corrected chi connectivity index (χ3v) is 2.96. The highest BCUT2D eigenvalue weighted by Crippen LogP contribution is 2.20. The first-order valence-corrected chi connectivity index (χ1v) is 6.05. The van der Waals surface area contributed by atoms with Gasteiger partial charge in [-0.1, -0.05) is 0 Å². The highest BCUT2D eigenvalue weighted by Gasteiger charge is 2.16. The number of hydrogen-bond donors (Lipinski definition) is 2. The Bertz CT molecular complexity index is 388. The molecule has 0 aliphatic carbocycles. The fraction of sp³-hybridized carbons (Fsp3) is 0.556. The number of aromatic nitrogens is 2. The van der Waals surface area contributed by atoms with Crippen molar-refractivity contribution in [3.05, 3.63) is 21.7 Å². The van der Waals surface area contributed by atoms with E-state index in [1.54, 1.807) is 11.8 Å². The second kappa shape index (κ2) is 4.04. The lowest BCUT2D eigenvalue weighted by Crippen LogP contribution is -2.15. The molecule has 0 saturated heterocycles. The third-order valence-electron chi connectivity index (χ3n) is 2.34. The Kier molecular flexibility index (Phi) is 2.77. The summed E-state index contributed by atoms with van der Waals surface area (Å²) in [5.41, 5.74) is 2.01. The highest BCUT2D eigenvalue weighted by atomic mass is 32.2. The highest BCUT2D eigenvalue weighted by molar-refractivity contribution is 7.98. The van der Waals surface area contributed by atoms with Crippen LogP contribution in [0.25, 0.3) is 0 Å². The normalized spacial score (nSPS) is 13.8. The van der Waals surface area contributed by atoms with Crippen LogP contribution in [0, 0.1) is 0 Å². The summed E-state index contributed by atoms with van der Waals surface area (Å²) in [4.78, 5) is 17.9. The molecule has 0 radical (unpaired) electrons. The van der Waals surface area contributed by atoms with Crippen molar-refractivity contribution in [1.29, 1.82) is 0 Å². The minimum absolute atomic E-state index is 0.241. The number of aryl methyl sites for hydroxylation is 1. The number of thioether (sulfide) groups is 1. The number of fused-ring (bicyclic) bond motifs is 1. The standard InChI is InChI=1S/C9H13N3OS/c1-14-5-3-7-6-2-4-10-8(6)12-9(13)11-7/h2-5H2,1H3,(H2,10,11,12,13). The molecule has 1 aromatic rings. The van der Waals surface area contributed by atoms with E-state index in [1.165, 1.54) is 5.56 Å². The summed E-state index contributed by atoms with van der Waals surface area (Å²) < 4.78 is 0. The van der Waals surface area contributed by atoms with Crippen LogP contribution in [-0.4, -0.2) is 28.5 Å². The molecule has 0 unspecified atom stereocenters. The maximum absolute atomic E-state index is 11.2. The Morgan fingerprint density at radius 2 is 2.43 bits per heavy atom. The molecule has 2 rings (SSSR count). The molecule has 1 aliphatic heterocycles. The summed E-state index contributed by atoms with van der Waals surface area (Å²) in [5, 5.41) is 3.12. The van der Waals surface area contributed by atoms with E-state index < -0.39 is 0 Å². The van der Waals surface area contributed by atoms with Crippen molar-refractivity contribution in [1.82, 2.24) is 9.97 Å². The van der Waals surface area contributed by atoms with Crippen molar-refractivity contribution in [2.24, 2.45) is 0 Å². The van der Waals surface area contributed by atoms with E-state index in [4.69, 9.17) is 0 Å². The van der Waals surface area contributed by atoms with Gasteiger partial charge in [-0.15, -0.1) is 0 Å². The maximum atomic E-state index is 11.2. The number of H-pyrrole nitrogens is 1. The smallest absolute Gasteiger partial charge is 0.347 e. The number of nitrogens with zero attached hydrogens (tertiary/aromatic N) is 1. The fourth-order valence-electron chi connectivity index (χ4n) is 1.68. The number of hydrogen-bond acceptors (Lipinski definition) is 4. The van der Waals surface area contributed by atoms with Gasteiger partial charge in [-0.25, -0.2) is 4.79 Å². The minimum Gasteiger partial charge on any atom is -0.369 e. The summed E-state index contributed by atoms with van der Waals surface area (Å²) in [6.45, 7) is 0.895. The second-order valence-electron chi connectivity index (χ2n) is 3.27. The number of rotatable bonds is 3. The van der Waals surface area contributed by atoms with Gasteiger partial charge in [0.05, 0.1) is 0 Å². The van der Waals surface area contributed by atoms with E-state index in [2.05, 4.69) is 21.5 Å². The monoisotopic (exact) mass is 211 g/mol. The number of anilines is 1. The van der Waals surface area contributed by atoms with E-state index in [9.17, 15) is 4.79 Å². The Morgan fingerprint density at radius 3 is 3.21 bits per heavy atom. The van der Waals surface area contributed by atoms with Crippen LogP contribution in [0.15, 0.2) is 4.79 Å². The average Bonchev–Trinajstić information content (AvgIpc) is 2.61. The summed E-state index contributed by atoms with van der Waals surface area (Å²) in [5.74, 6) is 1.82. The quantitative estimate of drug-likeness (QED) is 0.770. The van der Waals surface area contributed by atoms with Crippen LogP contribution >= 0.6 is 11.8 Å². The van der Waals surface area contributed by atoms with Gasteiger partial charge in [-0.3, -0.25) is 0 Å². The van der Waals surface area contributed by atoms with E-state index in [0.717, 1.165) is 36.7 Å². The van der Waals surface area contributed by atoms with Gasteiger partial charge in [0.1, 0.15) is 5.82 Å². The predicted molar refractivity (Wildman–Crippen MR) is 59.1 cm³/mol. The van der Waals surface area contributed by atoms with E-state index in [1.807, 2.05) is 0 Å². The molecule has 4 nitrogen and oxygen atoms in total. The van der Waals surface area contributed by atoms with Crippen molar-refractivity contribution in [3.8, 4) is 0 Å². The van der Waals surface area contributed by atoms with Crippen LogP contribution in [0.2, 0.25) is 0 Å². The van der Waals surface area contributed by atoms with Gasteiger partial charge >= 0.3 is 5.69 Å². The van der Waals surface area contributed by atoms with Gasteiger partial charge in [0.15, 0.2) is 0 Å². The maximum Gasteiger partial charge on any atom is 0.347 e. The van der Waals surface area contributed by atoms with Crippen molar-refractivity contribution >= 4 is 17.6 Å². The van der Waals surface area contributed by atoms with Gasteiger partial charge in [0.2, 0.25) is 0 Å². The fourth-order valence-corrected chi connectivity index (χ4v) is 2.09. The Morgan fingerprint density at radius 1 is 1.57 bits per heavy atom. The SMILES string of the molecule is CSCCc1[nH]c(=O)nc2c1CCN2. The van der Waals surface area contributed by atoms with Crippen LogP contribution in [0.1, 0.15) is 11.3 Å². The molecule has 0 bridgehead atoms. The number of nitrogens with one attached hydrogen (secondary N) is 2. The summed E-state index contributed by atoms with van der Waals surface area (Å²) >= 11 is 1.78. The molecule has 2 N–H and O–H groups in total. The van der Waals surface area contributed by atoms with Crippen LogP contribution in [0.4, 0.5) is 5.82 Å². The van der Waals surface area contributed by atoms with Crippen LogP contribution in [0.3, 0.4) is 0 Å². The second-order valence-corrected chi connectivity index (χ2v) is 4.25. The molecule has 0 amide bonds. The Labute approximate surface area is 86.5 Å². The zero-order chi connectivity index (χ0) is 9.97. The predicted octanol–water partition coefficient (Wildman–Crippen LogP) is 0.643. The van der Waals surface area contributed by atoms with Gasteiger partial charge in [0.25, 0.3) is 0 Å². The lowest BCUT2D eigenvalue weighted by Gasteiger charge is -2.05. The first-order chi connectivity index (χ1) is 6.81. The van der Waals surface area contributed by atoms with Crippen molar-refractivity contribution in [2.45, 2.75) is 12.8 Å². The molecule has 1 aromatic heterocycles. The first kappa shape index (κ1) is 9.58. The van der Waals surface area contributed by atoms with Crippen molar-refractivity contribution < 1.29 is 0 Å². The average molecular weight is 211 g/mol. The number of aromatic amines is 1. The molecule has 76 valence electrons. The largest absolute Gasteiger partial charge is 0.369 e. The molecular weight excluding hydrogens is 198 g/mol. The van der Waals surface area contributed by atoms with E-state index in [-0.39, 0.29) is 5.69 Å². The molecule has 5 heteroatoms. The third kappa shape index (κ3) is 1.77. The molecule has 14 heavy (non-hydrogen) atoms. The zero-order valence-electron chi connectivity index (χ0n) is 8.09. The molecule has 0 saturated carbocycles. The van der Waals surface area contributed by atoms with Gasteiger partial charge in [-0.05, 0) is 24.9 Å². The minimum atomic E-state index is -0.241. The first-order valence-electron chi connectivity index (χ1n) is 4.66. The summed E-state index contributed by atoms with van der Waals surface area (Å²) in [6.07, 6.45) is 3.96. The Hall–Kier alpha value is -0.970. The van der Waals surface area contributed by atoms with Gasteiger partial charge in [-0.2, -0.15) is 16.7 Å². The Balaban J connectivity index is 2.34. The topological polar surface area (TPSA) is 57.8 Å². The molecule has 0 spiro atoms. The van der Waals surface area contributed by atoms with E-state index in [0.29, 0.717) is 0 Å². The molecular formula is C9H13N3OS. The lowest BCUT2D eigenvalue weighted by molar-refractivity contribution is 0.935. The molecule has 0 atom stereocenters. The van der Waals surface area contributed by atoms with E-state index >= 15 is 0 Å². The van der Waals surface area contributed by atoms with Crippen LogP contribution in [0.5, 0.6) is 0 Å². The molecule has 1 aliphatic rings. The van der Waals surface area contributed by atoms with Gasteiger partial charge in [0, 0.05) is 17.8 Å². The molecule has 0 fully saturated rings. The summed E-state index contributed by atoms with van der Waals surface area (Å²) in [6, 6.07) is 0. The van der Waals surface area contributed by atoms with Crippen LogP contribution < -0.4 is 11.0 Å². The van der Waals surface area contributed by atoms with Crippen molar-refractivity contribution in [3.63, 3.8) is 0 Å². The molecule has 2 heterocycles. The van der Waals surface area contributed by atoms with Crippen LogP contribution in [-0.2, 0) is 12.8 Å². The van der Waals surface area contributed by atoms with Crippen molar-refractivity contribution in [2.75, 3.05) is 23.9 Å².